The molecule has 0 aliphatic carbocycles. The first kappa shape index (κ1) is 59.6. The Morgan fingerprint density at radius 2 is 0.886 bits per heavy atom. The number of benzene rings is 10. The second-order valence-corrected chi connectivity index (χ2v) is 27.5. The van der Waals surface area contributed by atoms with Crippen molar-refractivity contribution in [3.8, 4) is 73.0 Å². The van der Waals surface area contributed by atoms with E-state index in [9.17, 15) is 0 Å². The summed E-state index contributed by atoms with van der Waals surface area (Å²) in [6, 6.07) is 88.9. The van der Waals surface area contributed by atoms with Gasteiger partial charge in [-0.25, -0.2) is 4.98 Å². The average Bonchev–Trinajstić information content (AvgIpc) is 1.86. The molecule has 0 N–H and O–H groups in total. The summed E-state index contributed by atoms with van der Waals surface area (Å²) in [5.74, 6) is 1.97. The number of nitrogens with zero attached hydrogens (tertiary/aromatic N) is 4. The van der Waals surface area contributed by atoms with Crippen LogP contribution in [0.1, 0.15) is 105 Å². The number of hydrogen-bond acceptors (Lipinski definition) is 4. The van der Waals surface area contributed by atoms with Gasteiger partial charge >= 0.3 is 0 Å². The van der Waals surface area contributed by atoms with Gasteiger partial charge in [0, 0.05) is 78.0 Å². The molecule has 1 aliphatic heterocycles. The van der Waals surface area contributed by atoms with Crippen molar-refractivity contribution in [1.29, 1.82) is 0 Å². The Labute approximate surface area is 535 Å². The van der Waals surface area contributed by atoms with E-state index in [1.54, 1.807) is 0 Å². The maximum atomic E-state index is 6.93. The summed E-state index contributed by atoms with van der Waals surface area (Å²) >= 11 is 0. The van der Waals surface area contributed by atoms with Crippen LogP contribution >= 0.6 is 0 Å². The van der Waals surface area contributed by atoms with Gasteiger partial charge in [0.1, 0.15) is 5.82 Å². The van der Waals surface area contributed by atoms with E-state index in [-0.39, 0.29) is 42.7 Å². The zero-order valence-electron chi connectivity index (χ0n) is 52.5. The van der Waals surface area contributed by atoms with Crippen LogP contribution in [0, 0.1) is 18.8 Å². The van der Waals surface area contributed by atoms with Crippen LogP contribution in [0.2, 0.25) is 0 Å². The smallest absolute Gasteiger partial charge is 0.135 e. The fraction of sp³-hybridized carbons (Fsp3) is 0.195. The van der Waals surface area contributed by atoms with Crippen molar-refractivity contribution in [1.82, 2.24) is 9.55 Å². The van der Waals surface area contributed by atoms with Crippen LogP contribution in [-0.4, -0.2) is 9.55 Å². The summed E-state index contributed by atoms with van der Waals surface area (Å²) < 4.78 is 9.19. The van der Waals surface area contributed by atoms with E-state index >= 15 is 0 Å². The van der Waals surface area contributed by atoms with Crippen molar-refractivity contribution >= 4 is 44.6 Å². The molecular weight excluding hydrogens is 1250 g/mol. The molecule has 0 amide bonds. The van der Waals surface area contributed by atoms with E-state index in [4.69, 9.17) is 9.72 Å². The molecular formula is C82H75N4OPt-3. The van der Waals surface area contributed by atoms with Gasteiger partial charge in [-0.1, -0.05) is 252 Å². The van der Waals surface area contributed by atoms with Crippen LogP contribution in [0.4, 0.5) is 22.7 Å². The molecule has 0 radical (unpaired) electrons. The number of para-hydroxylation sites is 3. The second-order valence-electron chi connectivity index (χ2n) is 27.5. The van der Waals surface area contributed by atoms with Crippen LogP contribution < -0.4 is 14.5 Å². The van der Waals surface area contributed by atoms with E-state index in [2.05, 4.69) is 329 Å². The molecule has 0 spiro atoms. The SMILES string of the molecule is CC(C)(C)c1ccc(-c2ccc3c(c2)c2ccc(Oc4[c-]c(N5[CH-]N(c6c(-c7ccc(C(C)(C)C)cc7)cccc6-c6cccc(-c7ccccc7)c6)c6ccccc65)ccc4)[c-]c2n3-c2cc(C(C)(C)C)c(-c3ccc(C(C)(C)C)cc3)cn2)cc1.[Pt]. The Morgan fingerprint density at radius 1 is 0.386 bits per heavy atom. The summed E-state index contributed by atoms with van der Waals surface area (Å²) in [5, 5.41) is 2.17. The number of hydrogen-bond donors (Lipinski definition) is 0. The van der Waals surface area contributed by atoms with E-state index in [0.29, 0.717) is 11.5 Å². The molecule has 13 rings (SSSR count). The quantitative estimate of drug-likeness (QED) is 0.128. The molecule has 0 saturated heterocycles. The van der Waals surface area contributed by atoms with E-state index in [0.717, 1.165) is 89.3 Å². The molecule has 2 aromatic heterocycles. The van der Waals surface area contributed by atoms with Gasteiger partial charge in [-0.3, -0.25) is 0 Å². The van der Waals surface area contributed by atoms with Crippen molar-refractivity contribution in [2.45, 2.75) is 105 Å². The largest absolute Gasteiger partial charge is 0.509 e. The predicted octanol–water partition coefficient (Wildman–Crippen LogP) is 22.5. The molecule has 88 heavy (non-hydrogen) atoms. The third-order valence-electron chi connectivity index (χ3n) is 17.2. The van der Waals surface area contributed by atoms with Crippen LogP contribution in [0.25, 0.3) is 83.3 Å². The Morgan fingerprint density at radius 3 is 1.51 bits per heavy atom. The first-order valence-electron chi connectivity index (χ1n) is 30.5. The van der Waals surface area contributed by atoms with Gasteiger partial charge in [-0.15, -0.1) is 48.1 Å². The maximum absolute atomic E-state index is 6.93. The summed E-state index contributed by atoms with van der Waals surface area (Å²) in [5.41, 5.74) is 22.5. The molecule has 0 saturated carbocycles. The van der Waals surface area contributed by atoms with E-state index in [1.807, 2.05) is 18.2 Å². The summed E-state index contributed by atoms with van der Waals surface area (Å²) in [6.45, 7) is 29.4. The zero-order chi connectivity index (χ0) is 60.6. The molecule has 6 heteroatoms. The Kier molecular flexibility index (Phi) is 15.6. The minimum absolute atomic E-state index is 0. The predicted molar refractivity (Wildman–Crippen MR) is 366 cm³/mol. The topological polar surface area (TPSA) is 33.5 Å². The van der Waals surface area contributed by atoms with Gasteiger partial charge in [0.15, 0.2) is 0 Å². The zero-order valence-corrected chi connectivity index (χ0v) is 54.8. The van der Waals surface area contributed by atoms with Crippen molar-refractivity contribution in [2.24, 2.45) is 0 Å². The molecule has 442 valence electrons. The van der Waals surface area contributed by atoms with Gasteiger partial charge in [-0.05, 0) is 119 Å². The van der Waals surface area contributed by atoms with Crippen molar-refractivity contribution in [2.75, 3.05) is 9.80 Å². The number of anilines is 4. The summed E-state index contributed by atoms with van der Waals surface area (Å²) in [6.07, 6.45) is 2.06. The van der Waals surface area contributed by atoms with Crippen LogP contribution in [-0.2, 0) is 42.7 Å². The molecule has 12 aromatic rings. The molecule has 0 bridgehead atoms. The fourth-order valence-corrected chi connectivity index (χ4v) is 12.3. The monoisotopic (exact) mass is 1330 g/mol. The normalized spacial score (nSPS) is 12.8. The second kappa shape index (κ2) is 23.1. The van der Waals surface area contributed by atoms with Gasteiger partial charge in [0.05, 0.1) is 0 Å². The number of rotatable bonds is 10. The third-order valence-corrected chi connectivity index (χ3v) is 17.2. The molecule has 5 nitrogen and oxygen atoms in total. The summed E-state index contributed by atoms with van der Waals surface area (Å²) in [7, 11) is 0. The van der Waals surface area contributed by atoms with Gasteiger partial charge < -0.3 is 19.1 Å². The Hall–Kier alpha value is -8.76. The van der Waals surface area contributed by atoms with Crippen molar-refractivity contribution in [3.63, 3.8) is 0 Å². The minimum Gasteiger partial charge on any atom is -0.509 e. The maximum Gasteiger partial charge on any atom is 0.135 e. The molecule has 0 atom stereocenters. The Balaban J connectivity index is 0.00000754. The van der Waals surface area contributed by atoms with Crippen LogP contribution in [0.5, 0.6) is 11.5 Å². The number of aromatic nitrogens is 2. The van der Waals surface area contributed by atoms with Gasteiger partial charge in [-0.2, -0.15) is 12.1 Å². The van der Waals surface area contributed by atoms with Crippen LogP contribution in [0.15, 0.2) is 231 Å². The molecule has 0 fully saturated rings. The van der Waals surface area contributed by atoms with E-state index in [1.165, 1.54) is 38.9 Å². The van der Waals surface area contributed by atoms with Gasteiger partial charge in [0.25, 0.3) is 0 Å². The van der Waals surface area contributed by atoms with Crippen molar-refractivity contribution < 1.29 is 25.8 Å². The van der Waals surface area contributed by atoms with Gasteiger partial charge in [0.2, 0.25) is 0 Å². The first-order chi connectivity index (χ1) is 41.6. The van der Waals surface area contributed by atoms with Crippen molar-refractivity contribution in [3.05, 3.63) is 272 Å². The minimum atomic E-state index is -0.192. The molecule has 10 aromatic carbocycles. The third kappa shape index (κ3) is 11.5. The first-order valence-corrected chi connectivity index (χ1v) is 30.5. The average molecular weight is 1330 g/mol. The molecule has 3 heterocycles. The Bertz CT molecular complexity index is 4530. The molecule has 0 unspecified atom stereocenters. The standard InChI is InChI=1S/C82H75N4O.Pt/c1-79(2,3)61-38-31-55(32-39-61)59-37-46-73-70(48-59)69-45-44-66(50-76(69)86(73)77-51-72(82(10,11)12)71(52-83-77)57-35-42-63(43-36-57)81(7,8)9)87-65-26-19-25-64(49-65)84-53-85(75-30-17-16-29-74(75)84)78-67(56-33-40-62(41-34-56)80(4,5)6)27-20-28-68(78)60-24-18-23-58(47-60)54-21-14-13-15-22-54;/h13-48,51-53H,1-12H3;/q-3;. The van der Waals surface area contributed by atoms with E-state index < -0.39 is 0 Å². The number of ether oxygens (including phenoxy) is 1. The number of fused-ring (bicyclic) bond motifs is 4. The summed E-state index contributed by atoms with van der Waals surface area (Å²) in [4.78, 5) is 9.91. The number of pyridine rings is 1. The fourth-order valence-electron chi connectivity index (χ4n) is 12.3. The van der Waals surface area contributed by atoms with Crippen LogP contribution in [0.3, 0.4) is 0 Å². The molecule has 1 aliphatic rings.